The van der Waals surface area contributed by atoms with Gasteiger partial charge in [0.25, 0.3) is 0 Å². The minimum absolute atomic E-state index is 0.460. The van der Waals surface area contributed by atoms with Gasteiger partial charge in [0.2, 0.25) is 0 Å². The highest BCUT2D eigenvalue weighted by Crippen LogP contribution is 2.27. The lowest BCUT2D eigenvalue weighted by molar-refractivity contribution is 0.328. The first-order valence-electron chi connectivity index (χ1n) is 7.29. The molecule has 2 aromatic carbocycles. The summed E-state index contributed by atoms with van der Waals surface area (Å²) >= 11 is 5.96. The van der Waals surface area contributed by atoms with E-state index >= 15 is 0 Å². The highest BCUT2D eigenvalue weighted by atomic mass is 35.5. The summed E-state index contributed by atoms with van der Waals surface area (Å²) in [5.41, 5.74) is 3.49. The van der Waals surface area contributed by atoms with Crippen molar-refractivity contribution in [3.05, 3.63) is 58.6 Å². The monoisotopic (exact) mass is 303 g/mol. The normalized spacial score (nSPS) is 10.7. The fourth-order valence-electron chi connectivity index (χ4n) is 2.20. The number of benzene rings is 2. The molecule has 0 saturated heterocycles. The van der Waals surface area contributed by atoms with E-state index in [0.29, 0.717) is 12.5 Å². The number of hydrogen-bond acceptors (Lipinski definition) is 2. The van der Waals surface area contributed by atoms with Crippen molar-refractivity contribution in [2.45, 2.75) is 26.7 Å². The summed E-state index contributed by atoms with van der Waals surface area (Å²) in [6.45, 7) is 7.81. The van der Waals surface area contributed by atoms with Crippen molar-refractivity contribution in [3.8, 4) is 5.75 Å². The zero-order valence-corrected chi connectivity index (χ0v) is 13.6. The highest BCUT2D eigenvalue weighted by Gasteiger charge is 2.07. The first kappa shape index (κ1) is 15.7. The number of halogens is 1. The van der Waals surface area contributed by atoms with Gasteiger partial charge in [-0.2, -0.15) is 0 Å². The molecule has 0 aliphatic carbocycles. The molecule has 2 nitrogen and oxygen atoms in total. The van der Waals surface area contributed by atoms with E-state index in [0.717, 1.165) is 23.0 Å². The average Bonchev–Trinajstić information content (AvgIpc) is 2.43. The second-order valence-electron chi connectivity index (χ2n) is 5.48. The first-order valence-corrected chi connectivity index (χ1v) is 7.67. The molecule has 2 aromatic rings. The molecular formula is C18H22ClNO. The van der Waals surface area contributed by atoms with Gasteiger partial charge in [0.1, 0.15) is 12.4 Å². The third-order valence-corrected chi connectivity index (χ3v) is 3.54. The molecule has 112 valence electrons. The summed E-state index contributed by atoms with van der Waals surface area (Å²) in [6.07, 6.45) is 0. The standard InChI is InChI=1S/C18H22ClNO/c1-13(2)17-8-7-14(3)11-18(17)21-10-9-20-16-6-4-5-15(19)12-16/h4-8,11-13,20H,9-10H2,1-3H3. The third-order valence-electron chi connectivity index (χ3n) is 3.30. The summed E-state index contributed by atoms with van der Waals surface area (Å²) < 4.78 is 5.94. The molecule has 21 heavy (non-hydrogen) atoms. The molecule has 0 bridgehead atoms. The predicted octanol–water partition coefficient (Wildman–Crippen LogP) is 5.26. The maximum Gasteiger partial charge on any atom is 0.123 e. The number of aryl methyl sites for hydroxylation is 1. The smallest absolute Gasteiger partial charge is 0.123 e. The van der Waals surface area contributed by atoms with Crippen LogP contribution in [0, 0.1) is 6.92 Å². The van der Waals surface area contributed by atoms with Gasteiger partial charge < -0.3 is 10.1 Å². The minimum Gasteiger partial charge on any atom is -0.491 e. The Hall–Kier alpha value is -1.67. The van der Waals surface area contributed by atoms with Gasteiger partial charge in [0.15, 0.2) is 0 Å². The second-order valence-corrected chi connectivity index (χ2v) is 5.92. The Morgan fingerprint density at radius 1 is 1.14 bits per heavy atom. The number of nitrogens with one attached hydrogen (secondary N) is 1. The van der Waals surface area contributed by atoms with Crippen LogP contribution in [0.15, 0.2) is 42.5 Å². The molecule has 0 atom stereocenters. The van der Waals surface area contributed by atoms with Crippen molar-refractivity contribution in [1.82, 2.24) is 0 Å². The van der Waals surface area contributed by atoms with Crippen molar-refractivity contribution in [2.75, 3.05) is 18.5 Å². The number of hydrogen-bond donors (Lipinski definition) is 1. The van der Waals surface area contributed by atoms with Crippen LogP contribution in [0.3, 0.4) is 0 Å². The van der Waals surface area contributed by atoms with E-state index < -0.39 is 0 Å². The van der Waals surface area contributed by atoms with Crippen LogP contribution in [0.2, 0.25) is 5.02 Å². The lowest BCUT2D eigenvalue weighted by atomic mass is 10.0. The number of rotatable bonds is 6. The molecule has 2 rings (SSSR count). The zero-order valence-electron chi connectivity index (χ0n) is 12.8. The van der Waals surface area contributed by atoms with E-state index in [1.807, 2.05) is 24.3 Å². The van der Waals surface area contributed by atoms with Gasteiger partial charge in [-0.1, -0.05) is 43.6 Å². The van der Waals surface area contributed by atoms with Crippen LogP contribution in [0.5, 0.6) is 5.75 Å². The Morgan fingerprint density at radius 3 is 2.67 bits per heavy atom. The minimum atomic E-state index is 0.460. The van der Waals surface area contributed by atoms with Crippen molar-refractivity contribution in [2.24, 2.45) is 0 Å². The van der Waals surface area contributed by atoms with Crippen LogP contribution < -0.4 is 10.1 Å². The van der Waals surface area contributed by atoms with Crippen LogP contribution in [-0.4, -0.2) is 13.2 Å². The molecule has 0 aliphatic rings. The Kier molecular flexibility index (Phi) is 5.51. The van der Waals surface area contributed by atoms with Gasteiger partial charge in [-0.25, -0.2) is 0 Å². The van der Waals surface area contributed by atoms with Crippen LogP contribution in [0.1, 0.15) is 30.9 Å². The fourth-order valence-corrected chi connectivity index (χ4v) is 2.39. The lowest BCUT2D eigenvalue weighted by Gasteiger charge is -2.15. The third kappa shape index (κ3) is 4.68. The fraction of sp³-hybridized carbons (Fsp3) is 0.333. The molecule has 0 spiro atoms. The lowest BCUT2D eigenvalue weighted by Crippen LogP contribution is -2.12. The molecule has 0 heterocycles. The van der Waals surface area contributed by atoms with E-state index in [4.69, 9.17) is 16.3 Å². The molecule has 0 saturated carbocycles. The number of anilines is 1. The molecule has 1 N–H and O–H groups in total. The topological polar surface area (TPSA) is 21.3 Å². The maximum absolute atomic E-state index is 5.96. The zero-order chi connectivity index (χ0) is 15.2. The van der Waals surface area contributed by atoms with Gasteiger partial charge >= 0.3 is 0 Å². The second kappa shape index (κ2) is 7.37. The number of ether oxygens (including phenoxy) is 1. The largest absolute Gasteiger partial charge is 0.491 e. The predicted molar refractivity (Wildman–Crippen MR) is 90.7 cm³/mol. The summed E-state index contributed by atoms with van der Waals surface area (Å²) in [7, 11) is 0. The highest BCUT2D eigenvalue weighted by molar-refractivity contribution is 6.30. The van der Waals surface area contributed by atoms with Crippen LogP contribution in [0.25, 0.3) is 0 Å². The Bertz CT molecular complexity index is 596. The van der Waals surface area contributed by atoms with Gasteiger partial charge in [0.05, 0.1) is 0 Å². The van der Waals surface area contributed by atoms with Gasteiger partial charge in [-0.15, -0.1) is 0 Å². The van der Waals surface area contributed by atoms with Crippen molar-refractivity contribution in [3.63, 3.8) is 0 Å². The summed E-state index contributed by atoms with van der Waals surface area (Å²) in [5, 5.41) is 4.05. The molecular weight excluding hydrogens is 282 g/mol. The van der Waals surface area contributed by atoms with E-state index in [-0.39, 0.29) is 0 Å². The van der Waals surface area contributed by atoms with Crippen molar-refractivity contribution < 1.29 is 4.74 Å². The van der Waals surface area contributed by atoms with Crippen molar-refractivity contribution in [1.29, 1.82) is 0 Å². The molecule has 0 fully saturated rings. The van der Waals surface area contributed by atoms with Crippen LogP contribution >= 0.6 is 11.6 Å². The molecule has 3 heteroatoms. The van der Waals surface area contributed by atoms with E-state index in [2.05, 4.69) is 44.3 Å². The molecule has 0 radical (unpaired) electrons. The van der Waals surface area contributed by atoms with Crippen molar-refractivity contribution >= 4 is 17.3 Å². The first-order chi connectivity index (χ1) is 10.1. The van der Waals surface area contributed by atoms with Gasteiger partial charge in [-0.05, 0) is 48.2 Å². The van der Waals surface area contributed by atoms with Gasteiger partial charge in [0, 0.05) is 17.3 Å². The van der Waals surface area contributed by atoms with E-state index in [9.17, 15) is 0 Å². The summed E-state index contributed by atoms with van der Waals surface area (Å²) in [5.74, 6) is 1.44. The average molecular weight is 304 g/mol. The SMILES string of the molecule is Cc1ccc(C(C)C)c(OCCNc2cccc(Cl)c2)c1. The van der Waals surface area contributed by atoms with Crippen LogP contribution in [0.4, 0.5) is 5.69 Å². The Labute approximate surface area is 132 Å². The summed E-state index contributed by atoms with van der Waals surface area (Å²) in [4.78, 5) is 0. The van der Waals surface area contributed by atoms with Crippen LogP contribution in [-0.2, 0) is 0 Å². The molecule has 0 aromatic heterocycles. The van der Waals surface area contributed by atoms with E-state index in [1.165, 1.54) is 11.1 Å². The van der Waals surface area contributed by atoms with E-state index in [1.54, 1.807) is 0 Å². The quantitative estimate of drug-likeness (QED) is 0.735. The molecule has 0 amide bonds. The molecule has 0 aliphatic heterocycles. The Balaban J connectivity index is 1.90. The maximum atomic E-state index is 5.96. The summed E-state index contributed by atoms with van der Waals surface area (Å²) in [6, 6.07) is 14.1. The van der Waals surface area contributed by atoms with Gasteiger partial charge in [-0.3, -0.25) is 0 Å². The Morgan fingerprint density at radius 2 is 1.95 bits per heavy atom. The molecule has 0 unspecified atom stereocenters.